The highest BCUT2D eigenvalue weighted by atomic mass is 16.5. The Labute approximate surface area is 195 Å². The summed E-state index contributed by atoms with van der Waals surface area (Å²) in [5.41, 5.74) is 8.53. The monoisotopic (exact) mass is 443 g/mol. The average Bonchev–Trinajstić information content (AvgIpc) is 3.52. The molecule has 4 rings (SSSR count). The van der Waals surface area contributed by atoms with Gasteiger partial charge in [0, 0.05) is 29.6 Å². The van der Waals surface area contributed by atoms with Gasteiger partial charge in [0.15, 0.2) is 0 Å². The number of aromatic nitrogens is 2. The lowest BCUT2D eigenvalue weighted by molar-refractivity contribution is 0.303. The van der Waals surface area contributed by atoms with E-state index in [1.807, 2.05) is 18.2 Å². The number of unbranched alkanes of at least 4 members (excludes halogenated alkanes) is 3. The number of H-pyrrole nitrogens is 2. The number of aromatic amines is 2. The van der Waals surface area contributed by atoms with Crippen LogP contribution in [0, 0.1) is 6.92 Å². The number of phenols is 1. The second-order valence-corrected chi connectivity index (χ2v) is 8.67. The largest absolute Gasteiger partial charge is 0.508 e. The standard InChI is InChI=1S/C28H33N3O2/c1-4-5-6-7-8-21-16-23(29-19(21)2)17-27-28(33-3)18-26(31-27)25-14-11-22(30-25)15-20-9-12-24(32)13-10-20/h9-14,16-18,29-30,32H,4-8,15H2,1-3H3/b27-17-. The number of phenolic OH excluding ortho intramolecular Hbond substituents is 1. The van der Waals surface area contributed by atoms with Crippen LogP contribution in [0.3, 0.4) is 0 Å². The minimum atomic E-state index is 0.281. The van der Waals surface area contributed by atoms with Crippen LogP contribution >= 0.6 is 0 Å². The maximum atomic E-state index is 9.47. The number of hydrogen-bond acceptors (Lipinski definition) is 3. The molecule has 3 N–H and O–H groups in total. The van der Waals surface area contributed by atoms with E-state index in [-0.39, 0.29) is 5.75 Å². The fourth-order valence-corrected chi connectivity index (χ4v) is 4.20. The fourth-order valence-electron chi connectivity index (χ4n) is 4.20. The number of benzene rings is 1. The molecule has 2 aromatic heterocycles. The van der Waals surface area contributed by atoms with Crippen molar-refractivity contribution in [2.24, 2.45) is 4.99 Å². The van der Waals surface area contributed by atoms with Gasteiger partial charge in [0.2, 0.25) is 0 Å². The lowest BCUT2D eigenvalue weighted by atomic mass is 10.1. The van der Waals surface area contributed by atoms with Crippen molar-refractivity contribution in [2.75, 3.05) is 7.11 Å². The Bertz CT molecular complexity index is 1180. The van der Waals surface area contributed by atoms with Crippen molar-refractivity contribution in [3.05, 3.63) is 93.9 Å². The summed E-state index contributed by atoms with van der Waals surface area (Å²) in [6, 6.07) is 13.7. The van der Waals surface area contributed by atoms with Gasteiger partial charge in [0.05, 0.1) is 18.5 Å². The second kappa shape index (κ2) is 10.4. The van der Waals surface area contributed by atoms with Crippen LogP contribution in [0.1, 0.15) is 66.5 Å². The predicted molar refractivity (Wildman–Crippen MR) is 135 cm³/mol. The van der Waals surface area contributed by atoms with Gasteiger partial charge in [-0.2, -0.15) is 0 Å². The first-order valence-electron chi connectivity index (χ1n) is 11.8. The summed E-state index contributed by atoms with van der Waals surface area (Å²) in [4.78, 5) is 11.8. The highest BCUT2D eigenvalue weighted by molar-refractivity contribution is 6.11. The third-order valence-electron chi connectivity index (χ3n) is 6.07. The van der Waals surface area contributed by atoms with Gasteiger partial charge in [0.25, 0.3) is 0 Å². The van der Waals surface area contributed by atoms with Gasteiger partial charge >= 0.3 is 0 Å². The quantitative estimate of drug-likeness (QED) is 0.315. The summed E-state index contributed by atoms with van der Waals surface area (Å²) >= 11 is 0. The smallest absolute Gasteiger partial charge is 0.146 e. The summed E-state index contributed by atoms with van der Waals surface area (Å²) in [7, 11) is 1.68. The minimum absolute atomic E-state index is 0.281. The first-order chi connectivity index (χ1) is 16.1. The third kappa shape index (κ3) is 5.67. The predicted octanol–water partition coefficient (Wildman–Crippen LogP) is 6.44. The van der Waals surface area contributed by atoms with Crippen LogP contribution in [-0.4, -0.2) is 27.9 Å². The maximum Gasteiger partial charge on any atom is 0.146 e. The van der Waals surface area contributed by atoms with Crippen LogP contribution in [0.5, 0.6) is 5.75 Å². The molecule has 0 saturated heterocycles. The number of aliphatic imine (C=N–C) groups is 1. The molecule has 0 saturated carbocycles. The van der Waals surface area contributed by atoms with E-state index in [1.54, 1.807) is 19.2 Å². The third-order valence-corrected chi connectivity index (χ3v) is 6.07. The molecule has 5 nitrogen and oxygen atoms in total. The first-order valence-corrected chi connectivity index (χ1v) is 11.8. The topological polar surface area (TPSA) is 73.4 Å². The van der Waals surface area contributed by atoms with E-state index in [2.05, 4.69) is 48.1 Å². The van der Waals surface area contributed by atoms with Crippen molar-refractivity contribution in [1.82, 2.24) is 9.97 Å². The Morgan fingerprint density at radius 1 is 1.03 bits per heavy atom. The number of nitrogens with one attached hydrogen (secondary N) is 2. The number of aromatic hydroxyl groups is 1. The molecule has 0 amide bonds. The summed E-state index contributed by atoms with van der Waals surface area (Å²) < 4.78 is 5.62. The molecule has 1 aliphatic rings. The van der Waals surface area contributed by atoms with Crippen molar-refractivity contribution < 1.29 is 9.84 Å². The van der Waals surface area contributed by atoms with Crippen molar-refractivity contribution in [2.45, 2.75) is 52.4 Å². The number of methoxy groups -OCH3 is 1. The molecule has 0 aliphatic carbocycles. The van der Waals surface area contributed by atoms with Crippen LogP contribution in [-0.2, 0) is 17.6 Å². The number of allylic oxidation sites excluding steroid dienone is 1. The first kappa shape index (κ1) is 22.7. The zero-order valence-electron chi connectivity index (χ0n) is 19.7. The molecule has 0 atom stereocenters. The molecule has 0 spiro atoms. The van der Waals surface area contributed by atoms with E-state index in [0.29, 0.717) is 0 Å². The summed E-state index contributed by atoms with van der Waals surface area (Å²) in [5, 5.41) is 9.47. The van der Waals surface area contributed by atoms with Crippen LogP contribution in [0.15, 0.2) is 65.0 Å². The van der Waals surface area contributed by atoms with Gasteiger partial charge in [-0.05, 0) is 67.3 Å². The van der Waals surface area contributed by atoms with Gasteiger partial charge in [0.1, 0.15) is 17.2 Å². The normalized spacial score (nSPS) is 14.6. The molecule has 0 radical (unpaired) electrons. The van der Waals surface area contributed by atoms with E-state index in [9.17, 15) is 5.11 Å². The summed E-state index contributed by atoms with van der Waals surface area (Å²) in [6.07, 6.45) is 11.0. The molecular weight excluding hydrogens is 410 g/mol. The van der Waals surface area contributed by atoms with Crippen molar-refractivity contribution in [1.29, 1.82) is 0 Å². The highest BCUT2D eigenvalue weighted by Crippen LogP contribution is 2.26. The molecule has 33 heavy (non-hydrogen) atoms. The van der Waals surface area contributed by atoms with E-state index < -0.39 is 0 Å². The van der Waals surface area contributed by atoms with Crippen molar-refractivity contribution >= 4 is 11.8 Å². The van der Waals surface area contributed by atoms with E-state index >= 15 is 0 Å². The molecular formula is C28H33N3O2. The Balaban J connectivity index is 1.49. The number of nitrogens with zero attached hydrogens (tertiary/aromatic N) is 1. The van der Waals surface area contributed by atoms with E-state index in [0.717, 1.165) is 52.7 Å². The lowest BCUT2D eigenvalue weighted by Gasteiger charge is -2.00. The Morgan fingerprint density at radius 2 is 1.85 bits per heavy atom. The Kier molecular flexibility index (Phi) is 7.18. The van der Waals surface area contributed by atoms with Crippen molar-refractivity contribution in [3.8, 4) is 5.75 Å². The zero-order chi connectivity index (χ0) is 23.2. The summed E-state index contributed by atoms with van der Waals surface area (Å²) in [5.74, 6) is 1.04. The number of aryl methyl sites for hydroxylation is 2. The molecule has 3 aromatic rings. The number of rotatable bonds is 10. The minimum Gasteiger partial charge on any atom is -0.508 e. The molecule has 5 heteroatoms. The molecule has 0 unspecified atom stereocenters. The fraction of sp³-hybridized carbons (Fsp3) is 0.321. The Hall–Kier alpha value is -3.47. The van der Waals surface area contributed by atoms with Crippen molar-refractivity contribution in [3.63, 3.8) is 0 Å². The lowest BCUT2D eigenvalue weighted by Crippen LogP contribution is -1.96. The molecule has 1 aliphatic heterocycles. The van der Waals surface area contributed by atoms with Gasteiger partial charge in [-0.25, -0.2) is 4.99 Å². The molecule has 0 fully saturated rings. The number of hydrogen-bond donors (Lipinski definition) is 3. The van der Waals surface area contributed by atoms with E-state index in [1.165, 1.54) is 36.9 Å². The van der Waals surface area contributed by atoms with Gasteiger partial charge in [-0.15, -0.1) is 0 Å². The van der Waals surface area contributed by atoms with Crippen LogP contribution in [0.2, 0.25) is 0 Å². The maximum absolute atomic E-state index is 9.47. The van der Waals surface area contributed by atoms with Crippen LogP contribution in [0.25, 0.3) is 6.08 Å². The second-order valence-electron chi connectivity index (χ2n) is 8.67. The van der Waals surface area contributed by atoms with Crippen LogP contribution in [0.4, 0.5) is 0 Å². The van der Waals surface area contributed by atoms with E-state index in [4.69, 9.17) is 9.73 Å². The Morgan fingerprint density at radius 3 is 2.61 bits per heavy atom. The van der Waals surface area contributed by atoms with Gasteiger partial charge in [-0.1, -0.05) is 38.3 Å². The SMILES string of the molecule is CCCCCCc1cc(/C=C2\N=C(c3ccc(Cc4ccc(O)cc4)[nH]3)C=C2OC)[nH]c1C. The van der Waals surface area contributed by atoms with Gasteiger partial charge in [-0.3, -0.25) is 0 Å². The van der Waals surface area contributed by atoms with Crippen LogP contribution < -0.4 is 0 Å². The molecule has 3 heterocycles. The molecule has 0 bridgehead atoms. The molecule has 172 valence electrons. The zero-order valence-corrected chi connectivity index (χ0v) is 19.7. The molecule has 1 aromatic carbocycles. The average molecular weight is 444 g/mol. The summed E-state index contributed by atoms with van der Waals surface area (Å²) in [6.45, 7) is 4.38. The highest BCUT2D eigenvalue weighted by Gasteiger charge is 2.18. The number of ether oxygens (including phenoxy) is 1. The van der Waals surface area contributed by atoms with Gasteiger partial charge < -0.3 is 19.8 Å².